The lowest BCUT2D eigenvalue weighted by atomic mass is 10.3. The number of likely N-dealkylation sites (N-methyl/N-ethyl adjacent to an activating group) is 1. The van der Waals surface area contributed by atoms with Crippen LogP contribution in [-0.4, -0.2) is 32.7 Å². The quantitative estimate of drug-likeness (QED) is 0.664. The summed E-state index contributed by atoms with van der Waals surface area (Å²) in [7, 11) is -1.28. The fourth-order valence-electron chi connectivity index (χ4n) is 1.32. The molecule has 1 rings (SSSR count). The minimum atomic E-state index is -3.12. The molecule has 13 heavy (non-hydrogen) atoms. The molecule has 1 aliphatic heterocycles. The first-order valence-electron chi connectivity index (χ1n) is 3.96. The van der Waals surface area contributed by atoms with Crippen molar-refractivity contribution in [3.63, 3.8) is 0 Å². The largest absolute Gasteiger partial charge is 0.373 e. The van der Waals surface area contributed by atoms with E-state index in [0.29, 0.717) is 12.2 Å². The molecule has 1 aliphatic rings. The van der Waals surface area contributed by atoms with Crippen molar-refractivity contribution in [3.05, 3.63) is 35.9 Å². The van der Waals surface area contributed by atoms with Crippen molar-refractivity contribution in [1.29, 1.82) is 0 Å². The molecule has 0 saturated carbocycles. The second-order valence-corrected chi connectivity index (χ2v) is 4.98. The van der Waals surface area contributed by atoms with Crippen molar-refractivity contribution in [1.82, 2.24) is 4.90 Å². The average molecular weight is 199 g/mol. The van der Waals surface area contributed by atoms with Crippen molar-refractivity contribution in [2.75, 3.05) is 19.3 Å². The van der Waals surface area contributed by atoms with Crippen LogP contribution in [0.4, 0.5) is 0 Å². The Morgan fingerprint density at radius 3 is 2.38 bits per heavy atom. The van der Waals surface area contributed by atoms with E-state index in [-0.39, 0.29) is 10.7 Å². The number of nitrogens with zero attached hydrogens (tertiary/aromatic N) is 1. The molecular weight excluding hydrogens is 186 g/mol. The van der Waals surface area contributed by atoms with E-state index in [1.165, 1.54) is 6.08 Å². The van der Waals surface area contributed by atoms with Gasteiger partial charge in [-0.05, 0) is 12.2 Å². The van der Waals surface area contributed by atoms with Gasteiger partial charge < -0.3 is 4.90 Å². The molecule has 0 aromatic heterocycles. The summed E-state index contributed by atoms with van der Waals surface area (Å²) in [5, 5.41) is 0. The highest BCUT2D eigenvalue weighted by atomic mass is 32.2. The van der Waals surface area contributed by atoms with Gasteiger partial charge in [-0.25, -0.2) is 8.42 Å². The Balaban J connectivity index is 3.38. The number of allylic oxidation sites excluding steroid dienone is 2. The summed E-state index contributed by atoms with van der Waals surface area (Å²) >= 11 is 0. The van der Waals surface area contributed by atoms with Crippen molar-refractivity contribution in [3.8, 4) is 0 Å². The molecule has 0 bridgehead atoms. The predicted octanol–water partition coefficient (Wildman–Crippen LogP) is 0.930. The van der Waals surface area contributed by atoms with E-state index >= 15 is 0 Å². The number of sulfone groups is 1. The summed E-state index contributed by atoms with van der Waals surface area (Å²) in [6.07, 6.45) is 2.93. The van der Waals surface area contributed by atoms with Gasteiger partial charge in [-0.1, -0.05) is 13.2 Å². The predicted molar refractivity (Wildman–Crippen MR) is 53.8 cm³/mol. The lowest BCUT2D eigenvalue weighted by Crippen LogP contribution is -2.32. The standard InChI is InChI=1S/C9H13NO2S/c1-4-8-9(5-2)13(11,12)7-6-10(8)3/h4-5H,1-2,6-7H2,3H3. The first-order chi connectivity index (χ1) is 6.03. The molecule has 0 spiro atoms. The molecular formula is C9H13NO2S. The molecule has 1 heterocycles. The molecule has 0 radical (unpaired) electrons. The van der Waals surface area contributed by atoms with E-state index in [9.17, 15) is 8.42 Å². The molecule has 0 saturated heterocycles. The van der Waals surface area contributed by atoms with E-state index in [1.54, 1.807) is 6.08 Å². The maximum absolute atomic E-state index is 11.5. The fourth-order valence-corrected chi connectivity index (χ4v) is 2.87. The van der Waals surface area contributed by atoms with Gasteiger partial charge in [0.25, 0.3) is 0 Å². The first-order valence-corrected chi connectivity index (χ1v) is 5.61. The normalized spacial score (nSPS) is 21.5. The molecule has 4 heteroatoms. The summed E-state index contributed by atoms with van der Waals surface area (Å²) in [4.78, 5) is 2.15. The molecule has 0 aromatic rings. The van der Waals surface area contributed by atoms with Gasteiger partial charge in [-0.3, -0.25) is 0 Å². The second-order valence-electron chi connectivity index (χ2n) is 2.90. The highest BCUT2D eigenvalue weighted by Gasteiger charge is 2.25. The van der Waals surface area contributed by atoms with Crippen molar-refractivity contribution in [2.24, 2.45) is 0 Å². The van der Waals surface area contributed by atoms with E-state index in [4.69, 9.17) is 0 Å². The van der Waals surface area contributed by atoms with Gasteiger partial charge >= 0.3 is 0 Å². The van der Waals surface area contributed by atoms with Crippen LogP contribution in [0.2, 0.25) is 0 Å². The van der Waals surface area contributed by atoms with Crippen molar-refractivity contribution >= 4 is 9.84 Å². The third kappa shape index (κ3) is 1.67. The van der Waals surface area contributed by atoms with Crippen molar-refractivity contribution in [2.45, 2.75) is 0 Å². The van der Waals surface area contributed by atoms with E-state index < -0.39 is 9.84 Å². The molecule has 0 aromatic carbocycles. The molecule has 3 nitrogen and oxygen atoms in total. The average Bonchev–Trinajstić information content (AvgIpc) is 2.08. The van der Waals surface area contributed by atoms with Gasteiger partial charge in [-0.15, -0.1) is 0 Å². The number of rotatable bonds is 2. The highest BCUT2D eigenvalue weighted by molar-refractivity contribution is 7.95. The van der Waals surface area contributed by atoms with Crippen LogP contribution in [0.1, 0.15) is 0 Å². The fraction of sp³-hybridized carbons (Fsp3) is 0.333. The summed E-state index contributed by atoms with van der Waals surface area (Å²) in [6.45, 7) is 7.60. The smallest absolute Gasteiger partial charge is 0.182 e. The zero-order chi connectivity index (χ0) is 10.1. The van der Waals surface area contributed by atoms with Crippen molar-refractivity contribution < 1.29 is 8.42 Å². The summed E-state index contributed by atoms with van der Waals surface area (Å²) in [5.74, 6) is 0.155. The van der Waals surface area contributed by atoms with Crippen LogP contribution in [0.3, 0.4) is 0 Å². The van der Waals surface area contributed by atoms with Crippen LogP contribution in [-0.2, 0) is 9.84 Å². The molecule has 0 aliphatic carbocycles. The van der Waals surface area contributed by atoms with Gasteiger partial charge in [0.1, 0.15) is 0 Å². The molecule has 0 N–H and O–H groups in total. The summed E-state index contributed by atoms with van der Waals surface area (Å²) in [6, 6.07) is 0. The Bertz CT molecular complexity index is 365. The first kappa shape index (κ1) is 10.1. The third-order valence-electron chi connectivity index (χ3n) is 2.07. The van der Waals surface area contributed by atoms with E-state index in [1.807, 2.05) is 11.9 Å². The van der Waals surface area contributed by atoms with Crippen LogP contribution in [0.15, 0.2) is 35.9 Å². The van der Waals surface area contributed by atoms with Gasteiger partial charge in [-0.2, -0.15) is 0 Å². The van der Waals surface area contributed by atoms with Gasteiger partial charge in [0.15, 0.2) is 9.84 Å². The van der Waals surface area contributed by atoms with Gasteiger partial charge in [0.2, 0.25) is 0 Å². The molecule has 0 unspecified atom stereocenters. The topological polar surface area (TPSA) is 37.4 Å². The molecule has 72 valence electrons. The molecule has 0 amide bonds. The van der Waals surface area contributed by atoms with Crippen LogP contribution in [0.25, 0.3) is 0 Å². The van der Waals surface area contributed by atoms with Crippen LogP contribution >= 0.6 is 0 Å². The van der Waals surface area contributed by atoms with Gasteiger partial charge in [0, 0.05) is 13.6 Å². The minimum absolute atomic E-state index is 0.155. The minimum Gasteiger partial charge on any atom is -0.373 e. The summed E-state index contributed by atoms with van der Waals surface area (Å²) in [5.41, 5.74) is 0.640. The highest BCUT2D eigenvalue weighted by Crippen LogP contribution is 2.22. The maximum atomic E-state index is 11.5. The number of hydrogen-bond donors (Lipinski definition) is 0. The van der Waals surface area contributed by atoms with E-state index in [2.05, 4.69) is 13.2 Å². The monoisotopic (exact) mass is 199 g/mol. The van der Waals surface area contributed by atoms with E-state index in [0.717, 1.165) is 0 Å². The van der Waals surface area contributed by atoms with Crippen LogP contribution in [0.5, 0.6) is 0 Å². The van der Waals surface area contributed by atoms with Crippen LogP contribution in [0, 0.1) is 0 Å². The summed E-state index contributed by atoms with van der Waals surface area (Å²) < 4.78 is 23.0. The zero-order valence-corrected chi connectivity index (χ0v) is 8.47. The Hall–Kier alpha value is -1.03. The molecule has 0 atom stereocenters. The molecule has 0 fully saturated rings. The lowest BCUT2D eigenvalue weighted by Gasteiger charge is -2.27. The van der Waals surface area contributed by atoms with Gasteiger partial charge in [0.05, 0.1) is 16.4 Å². The Labute approximate surface area is 79.0 Å². The Morgan fingerprint density at radius 1 is 1.38 bits per heavy atom. The Kier molecular flexibility index (Phi) is 2.61. The SMILES string of the molecule is C=CC1=C(C=C)S(=O)(=O)CCN1C. The third-order valence-corrected chi connectivity index (χ3v) is 3.84. The zero-order valence-electron chi connectivity index (χ0n) is 7.66. The van der Waals surface area contributed by atoms with Crippen LogP contribution < -0.4 is 0 Å². The lowest BCUT2D eigenvalue weighted by molar-refractivity contribution is 0.444. The number of hydrogen-bond acceptors (Lipinski definition) is 3. The maximum Gasteiger partial charge on any atom is 0.182 e. The Morgan fingerprint density at radius 2 is 2.00 bits per heavy atom. The second kappa shape index (κ2) is 3.38.